The van der Waals surface area contributed by atoms with Crippen LogP contribution in [-0.2, 0) is 0 Å². The topological polar surface area (TPSA) is 39.3 Å². The molecule has 146 valence electrons. The van der Waals surface area contributed by atoms with Crippen molar-refractivity contribution in [2.24, 2.45) is 0 Å². The van der Waals surface area contributed by atoms with Gasteiger partial charge in [0, 0.05) is 54.0 Å². The van der Waals surface area contributed by atoms with Crippen LogP contribution in [0.3, 0.4) is 0 Å². The molecule has 0 bridgehead atoms. The second-order valence-electron chi connectivity index (χ2n) is 8.08. The van der Waals surface area contributed by atoms with E-state index in [1.165, 1.54) is 22.4 Å². The van der Waals surface area contributed by atoms with Gasteiger partial charge in [-0.2, -0.15) is 0 Å². The maximum Gasteiger partial charge on any atom is 0.179 e. The molecule has 1 aliphatic rings. The fourth-order valence-electron chi connectivity index (χ4n) is 4.31. The summed E-state index contributed by atoms with van der Waals surface area (Å²) >= 11 is 0. The highest BCUT2D eigenvalue weighted by atomic mass is 16.1. The highest BCUT2D eigenvalue weighted by Crippen LogP contribution is 2.26. The smallest absolute Gasteiger partial charge is 0.179 e. The third kappa shape index (κ3) is 3.45. The Morgan fingerprint density at radius 3 is 2.50 bits per heavy atom. The highest BCUT2D eigenvalue weighted by molar-refractivity contribution is 6.10. The number of carbonyl (C=O) groups is 1. The van der Waals surface area contributed by atoms with Crippen molar-refractivity contribution in [3.63, 3.8) is 0 Å². The molecule has 1 N–H and O–H groups in total. The molecule has 1 fully saturated rings. The first-order chi connectivity index (χ1) is 13.4. The van der Waals surface area contributed by atoms with Crippen LogP contribution < -0.4 is 4.90 Å². The van der Waals surface area contributed by atoms with Crippen molar-refractivity contribution < 1.29 is 4.79 Å². The number of nitrogens with zero attached hydrogens (tertiary/aromatic N) is 2. The quantitative estimate of drug-likeness (QED) is 0.687. The lowest BCUT2D eigenvalue weighted by Gasteiger charge is -2.36. The number of hydrogen-bond donors (Lipinski definition) is 1. The Labute approximate surface area is 167 Å². The number of ketones is 1. The van der Waals surface area contributed by atoms with Gasteiger partial charge in [0.25, 0.3) is 0 Å². The van der Waals surface area contributed by atoms with Crippen LogP contribution in [0, 0.1) is 27.7 Å². The molecule has 2 aromatic carbocycles. The third-order valence-corrected chi connectivity index (χ3v) is 6.08. The molecule has 0 atom stereocenters. The Morgan fingerprint density at radius 1 is 1.00 bits per heavy atom. The molecule has 0 amide bonds. The van der Waals surface area contributed by atoms with E-state index >= 15 is 0 Å². The predicted octanol–water partition coefficient (Wildman–Crippen LogP) is 4.41. The van der Waals surface area contributed by atoms with Gasteiger partial charge in [0.15, 0.2) is 5.78 Å². The first-order valence-electron chi connectivity index (χ1n) is 10.1. The number of Topliss-reactive ketones (excluding diaryl/α,β-unsaturated/α-hetero) is 1. The number of nitrogens with one attached hydrogen (secondary N) is 1. The summed E-state index contributed by atoms with van der Waals surface area (Å²) < 4.78 is 0. The fourth-order valence-corrected chi connectivity index (χ4v) is 4.31. The van der Waals surface area contributed by atoms with Crippen LogP contribution >= 0.6 is 0 Å². The molecule has 4 rings (SSSR count). The minimum absolute atomic E-state index is 0.216. The van der Waals surface area contributed by atoms with E-state index in [1.807, 2.05) is 6.92 Å². The minimum atomic E-state index is 0.216. The molecule has 0 radical (unpaired) electrons. The zero-order valence-electron chi connectivity index (χ0n) is 17.3. The normalized spacial score (nSPS) is 15.4. The Kier molecular flexibility index (Phi) is 4.98. The Bertz CT molecular complexity index is 1030. The summed E-state index contributed by atoms with van der Waals surface area (Å²) in [6.07, 6.45) is 0. The van der Waals surface area contributed by atoms with Crippen molar-refractivity contribution in [2.45, 2.75) is 27.7 Å². The van der Waals surface area contributed by atoms with Crippen molar-refractivity contribution >= 4 is 22.4 Å². The van der Waals surface area contributed by atoms with Gasteiger partial charge in [0.2, 0.25) is 0 Å². The molecular weight excluding hydrogens is 346 g/mol. The lowest BCUT2D eigenvalue weighted by Crippen LogP contribution is -2.48. The van der Waals surface area contributed by atoms with Crippen LogP contribution in [0.2, 0.25) is 0 Å². The molecule has 3 aromatic rings. The van der Waals surface area contributed by atoms with E-state index in [1.54, 1.807) is 0 Å². The van der Waals surface area contributed by atoms with Crippen LogP contribution in [0.25, 0.3) is 10.9 Å². The maximum absolute atomic E-state index is 13.1. The van der Waals surface area contributed by atoms with Crippen molar-refractivity contribution in [3.8, 4) is 0 Å². The third-order valence-electron chi connectivity index (χ3n) is 6.08. The van der Waals surface area contributed by atoms with Crippen molar-refractivity contribution in [3.05, 3.63) is 64.3 Å². The van der Waals surface area contributed by atoms with Crippen LogP contribution in [0.5, 0.6) is 0 Å². The monoisotopic (exact) mass is 375 g/mol. The van der Waals surface area contributed by atoms with Gasteiger partial charge in [-0.1, -0.05) is 24.3 Å². The SMILES string of the molecule is Cc1ccc2c(C(=O)CN3CCN(c4cccc(C)c4C)CC3)c(C)[nH]c2c1. The van der Waals surface area contributed by atoms with E-state index in [0.717, 1.165) is 48.3 Å². The van der Waals surface area contributed by atoms with Crippen LogP contribution in [0.4, 0.5) is 5.69 Å². The summed E-state index contributed by atoms with van der Waals surface area (Å²) in [5.74, 6) is 0.216. The number of fused-ring (bicyclic) bond motifs is 1. The van der Waals surface area contributed by atoms with E-state index in [-0.39, 0.29) is 5.78 Å². The number of aromatic nitrogens is 1. The lowest BCUT2D eigenvalue weighted by molar-refractivity contribution is 0.0927. The number of anilines is 1. The summed E-state index contributed by atoms with van der Waals surface area (Å²) in [5, 5.41) is 1.04. The van der Waals surface area contributed by atoms with Crippen molar-refractivity contribution in [2.75, 3.05) is 37.6 Å². The average molecular weight is 376 g/mol. The Balaban J connectivity index is 1.45. The minimum Gasteiger partial charge on any atom is -0.369 e. The molecule has 1 aliphatic heterocycles. The molecular formula is C24H29N3O. The Hall–Kier alpha value is -2.59. The average Bonchev–Trinajstić information content (AvgIpc) is 2.99. The summed E-state index contributed by atoms with van der Waals surface area (Å²) in [6, 6.07) is 12.8. The number of H-pyrrole nitrogens is 1. The number of benzene rings is 2. The number of carbonyl (C=O) groups excluding carboxylic acids is 1. The van der Waals surface area contributed by atoms with Crippen LogP contribution in [-0.4, -0.2) is 48.4 Å². The first kappa shape index (κ1) is 18.8. The second kappa shape index (κ2) is 7.44. The van der Waals surface area contributed by atoms with Gasteiger partial charge in [-0.15, -0.1) is 0 Å². The molecule has 2 heterocycles. The van der Waals surface area contributed by atoms with E-state index < -0.39 is 0 Å². The number of rotatable bonds is 4. The molecule has 4 heteroatoms. The summed E-state index contributed by atoms with van der Waals surface area (Å²) in [5.41, 5.74) is 8.10. The summed E-state index contributed by atoms with van der Waals surface area (Å²) in [6.45, 7) is 12.7. The molecule has 1 saturated heterocycles. The number of hydrogen-bond acceptors (Lipinski definition) is 3. The van der Waals surface area contributed by atoms with Gasteiger partial charge in [-0.25, -0.2) is 0 Å². The van der Waals surface area contributed by atoms with Crippen molar-refractivity contribution in [1.29, 1.82) is 0 Å². The Morgan fingerprint density at radius 2 is 1.75 bits per heavy atom. The molecule has 4 nitrogen and oxygen atoms in total. The number of piperazine rings is 1. The lowest BCUT2D eigenvalue weighted by atomic mass is 10.0. The summed E-state index contributed by atoms with van der Waals surface area (Å²) in [4.78, 5) is 21.2. The van der Waals surface area contributed by atoms with E-state index in [2.05, 4.69) is 72.0 Å². The van der Waals surface area contributed by atoms with Crippen molar-refractivity contribution in [1.82, 2.24) is 9.88 Å². The van der Waals surface area contributed by atoms with Crippen LogP contribution in [0.1, 0.15) is 32.7 Å². The zero-order valence-corrected chi connectivity index (χ0v) is 17.3. The number of aromatic amines is 1. The first-order valence-corrected chi connectivity index (χ1v) is 10.1. The molecule has 0 aliphatic carbocycles. The predicted molar refractivity (Wildman–Crippen MR) is 117 cm³/mol. The van der Waals surface area contributed by atoms with E-state index in [4.69, 9.17) is 0 Å². The van der Waals surface area contributed by atoms with Gasteiger partial charge in [0.05, 0.1) is 6.54 Å². The van der Waals surface area contributed by atoms with Gasteiger partial charge >= 0.3 is 0 Å². The molecule has 0 unspecified atom stereocenters. The number of aryl methyl sites for hydroxylation is 3. The van der Waals surface area contributed by atoms with E-state index in [0.29, 0.717) is 6.54 Å². The van der Waals surface area contributed by atoms with Crippen LogP contribution in [0.15, 0.2) is 36.4 Å². The van der Waals surface area contributed by atoms with Gasteiger partial charge in [-0.3, -0.25) is 9.69 Å². The zero-order chi connectivity index (χ0) is 19.8. The molecule has 0 saturated carbocycles. The van der Waals surface area contributed by atoms with Gasteiger partial charge in [-0.05, 0) is 56.5 Å². The highest BCUT2D eigenvalue weighted by Gasteiger charge is 2.23. The second-order valence-corrected chi connectivity index (χ2v) is 8.08. The largest absolute Gasteiger partial charge is 0.369 e. The molecule has 28 heavy (non-hydrogen) atoms. The maximum atomic E-state index is 13.1. The standard InChI is InChI=1S/C24H29N3O/c1-16-8-9-20-21(14-16)25-19(4)24(20)23(28)15-26-10-12-27(13-11-26)22-7-5-6-17(2)18(22)3/h5-9,14,25H,10-13,15H2,1-4H3. The van der Waals surface area contributed by atoms with Gasteiger partial charge < -0.3 is 9.88 Å². The summed E-state index contributed by atoms with van der Waals surface area (Å²) in [7, 11) is 0. The van der Waals surface area contributed by atoms with Gasteiger partial charge in [0.1, 0.15) is 0 Å². The fraction of sp³-hybridized carbons (Fsp3) is 0.375. The molecule has 0 spiro atoms. The molecule has 1 aromatic heterocycles. The van der Waals surface area contributed by atoms with E-state index in [9.17, 15) is 4.79 Å².